The van der Waals surface area contributed by atoms with Gasteiger partial charge >= 0.3 is 6.16 Å². The third-order valence-corrected chi connectivity index (χ3v) is 2.52. The number of carbonyl (C=O) groups is 1. The van der Waals surface area contributed by atoms with Crippen LogP contribution in [0.1, 0.15) is 19.4 Å². The number of halogens is 1. The van der Waals surface area contributed by atoms with Crippen molar-refractivity contribution in [3.63, 3.8) is 0 Å². The van der Waals surface area contributed by atoms with E-state index >= 15 is 0 Å². The van der Waals surface area contributed by atoms with E-state index < -0.39 is 6.16 Å². The number of benzene rings is 1. The van der Waals surface area contributed by atoms with Crippen molar-refractivity contribution in [3.05, 3.63) is 33.4 Å². The molecule has 0 aliphatic carbocycles. The number of rotatable bonds is 4. The Morgan fingerprint density at radius 1 is 1.25 bits per heavy atom. The molecule has 0 aromatic heterocycles. The van der Waals surface area contributed by atoms with Crippen molar-refractivity contribution in [1.82, 2.24) is 0 Å². The van der Waals surface area contributed by atoms with Crippen molar-refractivity contribution in [3.8, 4) is 0 Å². The number of hydrogen-bond donors (Lipinski definition) is 0. The minimum atomic E-state index is -0.604. The monoisotopic (exact) mass is 334 g/mol. The Labute approximate surface area is 109 Å². The van der Waals surface area contributed by atoms with Gasteiger partial charge in [0.15, 0.2) is 0 Å². The lowest BCUT2D eigenvalue weighted by molar-refractivity contribution is 0.0425. The largest absolute Gasteiger partial charge is 0.508 e. The first-order valence-corrected chi connectivity index (χ1v) is 6.20. The molecule has 0 amide bonds. The molecule has 0 aliphatic rings. The third kappa shape index (κ3) is 5.34. The average molecular weight is 334 g/mol. The van der Waals surface area contributed by atoms with Crippen LogP contribution >= 0.6 is 22.6 Å². The van der Waals surface area contributed by atoms with Crippen LogP contribution in [0.15, 0.2) is 24.3 Å². The normalized spacial score (nSPS) is 10.2. The van der Waals surface area contributed by atoms with Crippen LogP contribution in [0, 0.1) is 9.49 Å². The average Bonchev–Trinajstić information content (AvgIpc) is 2.25. The Bertz CT molecular complexity index is 333. The molecule has 0 spiro atoms. The zero-order valence-electron chi connectivity index (χ0n) is 9.40. The SMILES string of the molecule is CC(C)COC(=O)OCc1ccc(I)cc1. The zero-order chi connectivity index (χ0) is 12.0. The van der Waals surface area contributed by atoms with E-state index in [2.05, 4.69) is 22.6 Å². The highest BCUT2D eigenvalue weighted by atomic mass is 127. The molecule has 0 atom stereocenters. The highest BCUT2D eigenvalue weighted by molar-refractivity contribution is 14.1. The predicted molar refractivity (Wildman–Crippen MR) is 70.1 cm³/mol. The molecule has 1 aromatic carbocycles. The molecule has 16 heavy (non-hydrogen) atoms. The van der Waals surface area contributed by atoms with E-state index in [1.54, 1.807) is 0 Å². The van der Waals surface area contributed by atoms with Gasteiger partial charge in [-0.25, -0.2) is 4.79 Å². The van der Waals surface area contributed by atoms with Crippen molar-refractivity contribution in [1.29, 1.82) is 0 Å². The lowest BCUT2D eigenvalue weighted by Gasteiger charge is -2.07. The molecular weight excluding hydrogens is 319 g/mol. The van der Waals surface area contributed by atoms with Gasteiger partial charge < -0.3 is 9.47 Å². The number of ether oxygens (including phenoxy) is 2. The molecule has 0 unspecified atom stereocenters. The summed E-state index contributed by atoms with van der Waals surface area (Å²) in [6.45, 7) is 4.61. The first-order chi connectivity index (χ1) is 7.58. The Balaban J connectivity index is 2.29. The minimum absolute atomic E-state index is 0.258. The highest BCUT2D eigenvalue weighted by Crippen LogP contribution is 2.08. The maximum atomic E-state index is 11.1. The van der Waals surface area contributed by atoms with E-state index in [0.717, 1.165) is 9.13 Å². The fourth-order valence-electron chi connectivity index (χ4n) is 0.999. The second-order valence-electron chi connectivity index (χ2n) is 3.87. The summed E-state index contributed by atoms with van der Waals surface area (Å²) in [5, 5.41) is 0. The van der Waals surface area contributed by atoms with Gasteiger partial charge in [-0.3, -0.25) is 0 Å². The fourth-order valence-corrected chi connectivity index (χ4v) is 1.36. The van der Waals surface area contributed by atoms with E-state index in [0.29, 0.717) is 12.5 Å². The molecule has 0 radical (unpaired) electrons. The van der Waals surface area contributed by atoms with Crippen LogP contribution in [0.4, 0.5) is 4.79 Å². The van der Waals surface area contributed by atoms with Crippen molar-refractivity contribution >= 4 is 28.7 Å². The van der Waals surface area contributed by atoms with Crippen LogP contribution in [-0.2, 0) is 16.1 Å². The van der Waals surface area contributed by atoms with E-state index in [9.17, 15) is 4.79 Å². The molecule has 4 heteroatoms. The van der Waals surface area contributed by atoms with Crippen LogP contribution in [0.25, 0.3) is 0 Å². The standard InChI is InChI=1S/C12H15IO3/c1-9(2)7-15-12(14)16-8-10-3-5-11(13)6-4-10/h3-6,9H,7-8H2,1-2H3. The van der Waals surface area contributed by atoms with Crippen molar-refractivity contribution in [2.45, 2.75) is 20.5 Å². The zero-order valence-corrected chi connectivity index (χ0v) is 11.6. The first-order valence-electron chi connectivity index (χ1n) is 5.12. The quantitative estimate of drug-likeness (QED) is 0.623. The van der Waals surface area contributed by atoms with Gasteiger partial charge in [0.05, 0.1) is 6.61 Å². The Morgan fingerprint density at radius 2 is 1.88 bits per heavy atom. The van der Waals surface area contributed by atoms with Crippen LogP contribution in [0.2, 0.25) is 0 Å². The van der Waals surface area contributed by atoms with Crippen molar-refractivity contribution in [2.75, 3.05) is 6.61 Å². The summed E-state index contributed by atoms with van der Waals surface area (Å²) < 4.78 is 11.0. The van der Waals surface area contributed by atoms with Gasteiger partial charge in [0.25, 0.3) is 0 Å². The lowest BCUT2D eigenvalue weighted by atomic mass is 10.2. The number of carbonyl (C=O) groups excluding carboxylic acids is 1. The second-order valence-corrected chi connectivity index (χ2v) is 5.12. The fraction of sp³-hybridized carbons (Fsp3) is 0.417. The molecular formula is C12H15IO3. The number of hydrogen-bond acceptors (Lipinski definition) is 3. The summed E-state index contributed by atoms with van der Waals surface area (Å²) in [6.07, 6.45) is -0.604. The van der Waals surface area contributed by atoms with Gasteiger partial charge in [0.2, 0.25) is 0 Å². The van der Waals surface area contributed by atoms with Gasteiger partial charge in [-0.05, 0) is 46.2 Å². The summed E-state index contributed by atoms with van der Waals surface area (Å²) in [6, 6.07) is 7.80. The molecule has 3 nitrogen and oxygen atoms in total. The summed E-state index contributed by atoms with van der Waals surface area (Å²) in [5.74, 6) is 0.325. The lowest BCUT2D eigenvalue weighted by Crippen LogP contribution is -2.11. The van der Waals surface area contributed by atoms with Crippen LogP contribution in [0.3, 0.4) is 0 Å². The van der Waals surface area contributed by atoms with E-state index in [4.69, 9.17) is 9.47 Å². The van der Waals surface area contributed by atoms with Gasteiger partial charge in [-0.1, -0.05) is 26.0 Å². The molecule has 1 aromatic rings. The van der Waals surface area contributed by atoms with Crippen LogP contribution in [0.5, 0.6) is 0 Å². The predicted octanol–water partition coefficient (Wildman–Crippen LogP) is 3.60. The maximum Gasteiger partial charge on any atom is 0.508 e. The van der Waals surface area contributed by atoms with E-state index in [1.165, 1.54) is 0 Å². The Morgan fingerprint density at radius 3 is 2.44 bits per heavy atom. The van der Waals surface area contributed by atoms with Gasteiger partial charge in [-0.2, -0.15) is 0 Å². The summed E-state index contributed by atoms with van der Waals surface area (Å²) >= 11 is 2.23. The molecule has 0 saturated carbocycles. The van der Waals surface area contributed by atoms with E-state index in [-0.39, 0.29) is 6.61 Å². The van der Waals surface area contributed by atoms with Gasteiger partial charge in [0.1, 0.15) is 6.61 Å². The second kappa shape index (κ2) is 6.73. The first kappa shape index (κ1) is 13.3. The van der Waals surface area contributed by atoms with E-state index in [1.807, 2.05) is 38.1 Å². The molecule has 0 saturated heterocycles. The minimum Gasteiger partial charge on any atom is -0.434 e. The van der Waals surface area contributed by atoms with Gasteiger partial charge in [0, 0.05) is 3.57 Å². The molecule has 0 aliphatic heterocycles. The topological polar surface area (TPSA) is 35.5 Å². The van der Waals surface area contributed by atoms with Gasteiger partial charge in [-0.15, -0.1) is 0 Å². The third-order valence-electron chi connectivity index (χ3n) is 1.80. The summed E-state index contributed by atoms with van der Waals surface area (Å²) in [5.41, 5.74) is 0.960. The summed E-state index contributed by atoms with van der Waals surface area (Å²) in [7, 11) is 0. The molecule has 1 rings (SSSR count). The maximum absolute atomic E-state index is 11.1. The smallest absolute Gasteiger partial charge is 0.434 e. The highest BCUT2D eigenvalue weighted by Gasteiger charge is 2.05. The van der Waals surface area contributed by atoms with Crippen molar-refractivity contribution < 1.29 is 14.3 Å². The molecule has 88 valence electrons. The van der Waals surface area contributed by atoms with Crippen LogP contribution in [-0.4, -0.2) is 12.8 Å². The molecule has 0 N–H and O–H groups in total. The molecule has 0 bridgehead atoms. The Hall–Kier alpha value is -0.780. The summed E-state index contributed by atoms with van der Waals surface area (Å²) in [4.78, 5) is 11.1. The van der Waals surface area contributed by atoms with Crippen LogP contribution < -0.4 is 0 Å². The molecule has 0 heterocycles. The van der Waals surface area contributed by atoms with Crippen molar-refractivity contribution in [2.24, 2.45) is 5.92 Å². The Kier molecular flexibility index (Phi) is 5.59. The molecule has 0 fully saturated rings.